The van der Waals surface area contributed by atoms with E-state index in [-0.39, 0.29) is 17.7 Å². The maximum Gasteiger partial charge on any atom is 0.307 e. The molecule has 130 valence electrons. The Labute approximate surface area is 141 Å². The summed E-state index contributed by atoms with van der Waals surface area (Å²) in [4.78, 5) is 24.6. The third kappa shape index (κ3) is 2.92. The number of carboxylic acids is 1. The topological polar surface area (TPSA) is 84.9 Å². The number of ether oxygens (including phenoxy) is 2. The summed E-state index contributed by atoms with van der Waals surface area (Å²) in [6.07, 6.45) is 3.69. The van der Waals surface area contributed by atoms with Crippen LogP contribution in [0.4, 0.5) is 5.69 Å². The van der Waals surface area contributed by atoms with E-state index in [1.54, 1.807) is 25.3 Å². The van der Waals surface area contributed by atoms with Crippen molar-refractivity contribution >= 4 is 17.6 Å². The minimum Gasteiger partial charge on any atom is -0.497 e. The number of rotatable bonds is 5. The summed E-state index contributed by atoms with van der Waals surface area (Å²) in [5, 5.41) is 12.5. The van der Waals surface area contributed by atoms with Crippen molar-refractivity contribution in [3.8, 4) is 11.5 Å². The molecule has 3 aliphatic carbocycles. The Balaban J connectivity index is 1.85. The Morgan fingerprint density at radius 3 is 2.21 bits per heavy atom. The fourth-order valence-electron chi connectivity index (χ4n) is 4.31. The zero-order valence-electron chi connectivity index (χ0n) is 14.0. The molecule has 1 aromatic carbocycles. The van der Waals surface area contributed by atoms with E-state index in [1.165, 1.54) is 7.11 Å². The van der Waals surface area contributed by atoms with E-state index in [0.717, 1.165) is 25.7 Å². The molecule has 0 spiro atoms. The van der Waals surface area contributed by atoms with Crippen LogP contribution in [0, 0.1) is 23.7 Å². The molecule has 0 heterocycles. The first kappa shape index (κ1) is 16.6. The van der Waals surface area contributed by atoms with Gasteiger partial charge in [-0.1, -0.05) is 0 Å². The van der Waals surface area contributed by atoms with E-state index >= 15 is 0 Å². The van der Waals surface area contributed by atoms with E-state index in [4.69, 9.17) is 9.47 Å². The normalized spacial score (nSPS) is 28.2. The fraction of sp³-hybridized carbons (Fsp3) is 0.556. The van der Waals surface area contributed by atoms with Gasteiger partial charge in [0.15, 0.2) is 0 Å². The molecule has 24 heavy (non-hydrogen) atoms. The molecule has 2 N–H and O–H groups in total. The van der Waals surface area contributed by atoms with Crippen molar-refractivity contribution in [2.24, 2.45) is 23.7 Å². The van der Waals surface area contributed by atoms with Crippen molar-refractivity contribution in [3.63, 3.8) is 0 Å². The standard InChI is InChI=1S/C18H23NO5/c1-23-12-7-8-14(24-2)13(9-12)19-17(20)15-10-3-5-11(6-4-10)16(15)18(21)22/h7-11,15-16H,3-6H2,1-2H3,(H,19,20)(H,21,22). The number of hydrogen-bond donors (Lipinski definition) is 2. The molecule has 2 bridgehead atoms. The molecule has 1 aromatic rings. The van der Waals surface area contributed by atoms with Gasteiger partial charge in [-0.15, -0.1) is 0 Å². The number of amides is 1. The summed E-state index contributed by atoms with van der Waals surface area (Å²) in [6.45, 7) is 0. The number of hydrogen-bond acceptors (Lipinski definition) is 4. The Morgan fingerprint density at radius 1 is 1.04 bits per heavy atom. The summed E-state index contributed by atoms with van der Waals surface area (Å²) in [5.41, 5.74) is 0.507. The van der Waals surface area contributed by atoms with Gasteiger partial charge in [0.1, 0.15) is 11.5 Å². The quantitative estimate of drug-likeness (QED) is 0.865. The zero-order chi connectivity index (χ0) is 17.3. The van der Waals surface area contributed by atoms with Crippen LogP contribution >= 0.6 is 0 Å². The van der Waals surface area contributed by atoms with E-state index in [2.05, 4.69) is 5.32 Å². The smallest absolute Gasteiger partial charge is 0.307 e. The maximum absolute atomic E-state index is 12.9. The summed E-state index contributed by atoms with van der Waals surface area (Å²) in [5.74, 6) is -0.781. The van der Waals surface area contributed by atoms with Gasteiger partial charge in [0, 0.05) is 6.07 Å². The van der Waals surface area contributed by atoms with Crippen molar-refractivity contribution in [1.29, 1.82) is 0 Å². The van der Waals surface area contributed by atoms with Crippen LogP contribution in [-0.4, -0.2) is 31.2 Å². The minimum absolute atomic E-state index is 0.107. The zero-order valence-corrected chi connectivity index (χ0v) is 14.0. The van der Waals surface area contributed by atoms with Crippen molar-refractivity contribution in [2.45, 2.75) is 25.7 Å². The number of carboxylic acid groups (broad SMARTS) is 1. The predicted octanol–water partition coefficient (Wildman–Crippen LogP) is 2.78. The van der Waals surface area contributed by atoms with E-state index in [9.17, 15) is 14.7 Å². The molecule has 0 aliphatic heterocycles. The lowest BCUT2D eigenvalue weighted by Crippen LogP contribution is -2.49. The lowest BCUT2D eigenvalue weighted by Gasteiger charge is -2.45. The third-order valence-electron chi connectivity index (χ3n) is 5.47. The molecule has 2 atom stereocenters. The van der Waals surface area contributed by atoms with E-state index in [0.29, 0.717) is 17.2 Å². The molecule has 3 fully saturated rings. The minimum atomic E-state index is -0.859. The van der Waals surface area contributed by atoms with Gasteiger partial charge in [-0.25, -0.2) is 0 Å². The number of benzene rings is 1. The lowest BCUT2D eigenvalue weighted by atomic mass is 9.58. The number of fused-ring (bicyclic) bond motifs is 3. The first-order valence-electron chi connectivity index (χ1n) is 8.30. The second kappa shape index (κ2) is 6.71. The number of methoxy groups -OCH3 is 2. The highest BCUT2D eigenvalue weighted by atomic mass is 16.5. The number of anilines is 1. The number of aliphatic carboxylic acids is 1. The first-order valence-corrected chi connectivity index (χ1v) is 8.30. The first-order chi connectivity index (χ1) is 11.5. The Morgan fingerprint density at radius 2 is 1.67 bits per heavy atom. The summed E-state index contributed by atoms with van der Waals surface area (Å²) in [7, 11) is 3.08. The van der Waals surface area contributed by atoms with Crippen LogP contribution in [0.25, 0.3) is 0 Å². The van der Waals surface area contributed by atoms with Crippen LogP contribution in [0.2, 0.25) is 0 Å². The van der Waals surface area contributed by atoms with Gasteiger partial charge < -0.3 is 19.9 Å². The molecule has 2 unspecified atom stereocenters. The molecule has 4 rings (SSSR count). The van der Waals surface area contributed by atoms with Gasteiger partial charge in [0.25, 0.3) is 0 Å². The molecular weight excluding hydrogens is 310 g/mol. The van der Waals surface area contributed by atoms with Gasteiger partial charge in [0.2, 0.25) is 5.91 Å². The molecule has 0 radical (unpaired) electrons. The highest BCUT2D eigenvalue weighted by molar-refractivity contribution is 5.97. The lowest BCUT2D eigenvalue weighted by molar-refractivity contribution is -0.156. The highest BCUT2D eigenvalue weighted by Gasteiger charge is 2.50. The van der Waals surface area contributed by atoms with Crippen LogP contribution in [-0.2, 0) is 9.59 Å². The van der Waals surface area contributed by atoms with Crippen LogP contribution in [0.3, 0.4) is 0 Å². The van der Waals surface area contributed by atoms with Gasteiger partial charge in [-0.3, -0.25) is 9.59 Å². The Kier molecular flexibility index (Phi) is 4.64. The molecule has 6 nitrogen and oxygen atoms in total. The van der Waals surface area contributed by atoms with Gasteiger partial charge in [-0.05, 0) is 49.7 Å². The van der Waals surface area contributed by atoms with E-state index < -0.39 is 17.8 Å². The highest BCUT2D eigenvalue weighted by Crippen LogP contribution is 2.49. The molecule has 0 saturated heterocycles. The number of carbonyl (C=O) groups is 2. The average Bonchev–Trinajstić information content (AvgIpc) is 2.61. The molecule has 3 aliphatic rings. The van der Waals surface area contributed by atoms with Gasteiger partial charge >= 0.3 is 5.97 Å². The van der Waals surface area contributed by atoms with Crippen LogP contribution in [0.1, 0.15) is 25.7 Å². The Bertz CT molecular complexity index is 636. The average molecular weight is 333 g/mol. The summed E-state index contributed by atoms with van der Waals surface area (Å²) < 4.78 is 10.5. The SMILES string of the molecule is COc1ccc(OC)c(NC(=O)C2C3CCC(CC3)C2C(=O)O)c1. The van der Waals surface area contributed by atoms with Crippen LogP contribution < -0.4 is 14.8 Å². The summed E-state index contributed by atoms with van der Waals surface area (Å²) in [6, 6.07) is 5.15. The fourth-order valence-corrected chi connectivity index (χ4v) is 4.31. The predicted molar refractivity (Wildman–Crippen MR) is 88.2 cm³/mol. The second-order valence-corrected chi connectivity index (χ2v) is 6.62. The molecule has 1 amide bonds. The maximum atomic E-state index is 12.9. The molecule has 6 heteroatoms. The summed E-state index contributed by atoms with van der Waals surface area (Å²) >= 11 is 0. The van der Waals surface area contributed by atoms with Gasteiger partial charge in [0.05, 0.1) is 31.7 Å². The van der Waals surface area contributed by atoms with E-state index in [1.807, 2.05) is 0 Å². The molecule has 3 saturated carbocycles. The number of nitrogens with one attached hydrogen (secondary N) is 1. The third-order valence-corrected chi connectivity index (χ3v) is 5.47. The van der Waals surface area contributed by atoms with Gasteiger partial charge in [-0.2, -0.15) is 0 Å². The Hall–Kier alpha value is -2.24. The monoisotopic (exact) mass is 333 g/mol. The molecule has 0 aromatic heterocycles. The largest absolute Gasteiger partial charge is 0.497 e. The van der Waals surface area contributed by atoms with Crippen molar-refractivity contribution in [2.75, 3.05) is 19.5 Å². The second-order valence-electron chi connectivity index (χ2n) is 6.62. The van der Waals surface area contributed by atoms with Crippen LogP contribution in [0.5, 0.6) is 11.5 Å². The molecular formula is C18H23NO5. The van der Waals surface area contributed by atoms with Crippen LogP contribution in [0.15, 0.2) is 18.2 Å². The van der Waals surface area contributed by atoms with Crippen molar-refractivity contribution < 1.29 is 24.2 Å². The van der Waals surface area contributed by atoms with Crippen molar-refractivity contribution in [1.82, 2.24) is 0 Å². The number of carbonyl (C=O) groups excluding carboxylic acids is 1. The van der Waals surface area contributed by atoms with Crippen molar-refractivity contribution in [3.05, 3.63) is 18.2 Å².